The normalized spacial score (nSPS) is 16.8. The lowest BCUT2D eigenvalue weighted by Gasteiger charge is -2.22. The summed E-state index contributed by atoms with van der Waals surface area (Å²) in [5.41, 5.74) is 0.530. The lowest BCUT2D eigenvalue weighted by Crippen LogP contribution is -2.33. The Morgan fingerprint density at radius 3 is 2.31 bits per heavy atom. The molecule has 1 aliphatic heterocycles. The molecule has 146 valence electrons. The predicted octanol–water partition coefficient (Wildman–Crippen LogP) is 3.00. The van der Waals surface area contributed by atoms with E-state index in [1.165, 1.54) is 12.8 Å². The van der Waals surface area contributed by atoms with E-state index < -0.39 is 0 Å². The van der Waals surface area contributed by atoms with Crippen LogP contribution in [0.1, 0.15) is 50.4 Å². The third kappa shape index (κ3) is 5.80. The molecular weight excluding hydrogens is 332 g/mol. The van der Waals surface area contributed by atoms with Crippen LogP contribution in [-0.4, -0.2) is 45.4 Å². The van der Waals surface area contributed by atoms with Crippen molar-refractivity contribution in [2.45, 2.75) is 40.0 Å². The summed E-state index contributed by atoms with van der Waals surface area (Å²) < 4.78 is 17.0. The van der Waals surface area contributed by atoms with Crippen molar-refractivity contribution < 1.29 is 19.0 Å². The Labute approximate surface area is 156 Å². The van der Waals surface area contributed by atoms with Crippen LogP contribution in [-0.2, 0) is 0 Å². The molecule has 0 bridgehead atoms. The Morgan fingerprint density at radius 1 is 1.12 bits per heavy atom. The maximum absolute atomic E-state index is 12.6. The standard InChI is InChI=1S/C20H32N2O4/c1-4-24-17-12-16(13-18(25-5-2)19(17)26-6-3)20(23)22-11-9-15-8-7-10-21-14-15/h12-13,15,21H,4-11,14H2,1-3H3,(H,22,23). The number of amides is 1. The van der Waals surface area contributed by atoms with Gasteiger partial charge in [0.25, 0.3) is 5.91 Å². The van der Waals surface area contributed by atoms with Crippen LogP contribution in [0.25, 0.3) is 0 Å². The molecule has 1 aliphatic rings. The van der Waals surface area contributed by atoms with E-state index in [2.05, 4.69) is 10.6 Å². The number of rotatable bonds is 10. The average Bonchev–Trinajstić information content (AvgIpc) is 2.65. The fourth-order valence-electron chi connectivity index (χ4n) is 3.18. The van der Waals surface area contributed by atoms with E-state index in [-0.39, 0.29) is 5.91 Å². The van der Waals surface area contributed by atoms with Crippen LogP contribution in [0.3, 0.4) is 0 Å². The highest BCUT2D eigenvalue weighted by molar-refractivity contribution is 5.95. The first-order valence-corrected chi connectivity index (χ1v) is 9.74. The molecule has 26 heavy (non-hydrogen) atoms. The molecule has 1 heterocycles. The largest absolute Gasteiger partial charge is 0.490 e. The third-order valence-electron chi connectivity index (χ3n) is 4.41. The summed E-state index contributed by atoms with van der Waals surface area (Å²) in [5.74, 6) is 2.17. The third-order valence-corrected chi connectivity index (χ3v) is 4.41. The van der Waals surface area contributed by atoms with E-state index in [9.17, 15) is 4.79 Å². The summed E-state index contributed by atoms with van der Waals surface area (Å²) in [6, 6.07) is 3.46. The predicted molar refractivity (Wildman–Crippen MR) is 102 cm³/mol. The van der Waals surface area contributed by atoms with E-state index in [4.69, 9.17) is 14.2 Å². The van der Waals surface area contributed by atoms with Crippen LogP contribution in [0.2, 0.25) is 0 Å². The van der Waals surface area contributed by atoms with Gasteiger partial charge in [0.2, 0.25) is 5.75 Å². The highest BCUT2D eigenvalue weighted by Gasteiger charge is 2.19. The van der Waals surface area contributed by atoms with Gasteiger partial charge in [-0.2, -0.15) is 0 Å². The number of carbonyl (C=O) groups excluding carboxylic acids is 1. The number of nitrogens with one attached hydrogen (secondary N) is 2. The molecule has 0 aromatic heterocycles. The van der Waals surface area contributed by atoms with Gasteiger partial charge in [-0.05, 0) is 71.2 Å². The second-order valence-corrected chi connectivity index (χ2v) is 6.36. The molecule has 1 unspecified atom stereocenters. The molecule has 0 radical (unpaired) electrons. The summed E-state index contributed by atoms with van der Waals surface area (Å²) >= 11 is 0. The molecule has 1 aromatic carbocycles. The van der Waals surface area contributed by atoms with Gasteiger partial charge in [0, 0.05) is 12.1 Å². The van der Waals surface area contributed by atoms with Gasteiger partial charge in [-0.25, -0.2) is 0 Å². The first kappa shape index (κ1) is 20.4. The maximum atomic E-state index is 12.6. The smallest absolute Gasteiger partial charge is 0.251 e. The quantitative estimate of drug-likeness (QED) is 0.668. The monoisotopic (exact) mass is 364 g/mol. The molecule has 1 amide bonds. The van der Waals surface area contributed by atoms with Crippen molar-refractivity contribution in [1.82, 2.24) is 10.6 Å². The number of ether oxygens (including phenoxy) is 3. The second-order valence-electron chi connectivity index (χ2n) is 6.36. The van der Waals surface area contributed by atoms with Crippen molar-refractivity contribution in [2.75, 3.05) is 39.5 Å². The Morgan fingerprint density at radius 2 is 1.77 bits per heavy atom. The number of carbonyl (C=O) groups is 1. The van der Waals surface area contributed by atoms with Gasteiger partial charge in [0.05, 0.1) is 19.8 Å². The molecule has 2 rings (SSSR count). The second kappa shape index (κ2) is 10.9. The minimum absolute atomic E-state index is 0.112. The number of hydrogen-bond donors (Lipinski definition) is 2. The summed E-state index contributed by atoms with van der Waals surface area (Å²) in [6.07, 6.45) is 3.44. The van der Waals surface area contributed by atoms with E-state index in [1.54, 1.807) is 12.1 Å². The van der Waals surface area contributed by atoms with Crippen LogP contribution in [0.5, 0.6) is 17.2 Å². The molecule has 2 N–H and O–H groups in total. The molecule has 1 saturated heterocycles. The summed E-state index contributed by atoms with van der Waals surface area (Å²) in [7, 11) is 0. The van der Waals surface area contributed by atoms with Crippen molar-refractivity contribution in [2.24, 2.45) is 5.92 Å². The molecular formula is C20H32N2O4. The van der Waals surface area contributed by atoms with E-state index >= 15 is 0 Å². The van der Waals surface area contributed by atoms with Gasteiger partial charge in [0.15, 0.2) is 11.5 Å². The molecule has 6 heteroatoms. The van der Waals surface area contributed by atoms with Crippen LogP contribution >= 0.6 is 0 Å². The van der Waals surface area contributed by atoms with Crippen LogP contribution < -0.4 is 24.8 Å². The van der Waals surface area contributed by atoms with Gasteiger partial charge < -0.3 is 24.8 Å². The maximum Gasteiger partial charge on any atom is 0.251 e. The van der Waals surface area contributed by atoms with Crippen molar-refractivity contribution in [3.05, 3.63) is 17.7 Å². The van der Waals surface area contributed by atoms with E-state index in [1.807, 2.05) is 20.8 Å². The van der Waals surface area contributed by atoms with Gasteiger partial charge in [-0.1, -0.05) is 0 Å². The fraction of sp³-hybridized carbons (Fsp3) is 0.650. The number of piperidine rings is 1. The van der Waals surface area contributed by atoms with E-state index in [0.29, 0.717) is 55.1 Å². The lowest BCUT2D eigenvalue weighted by atomic mass is 9.96. The molecule has 1 atom stereocenters. The van der Waals surface area contributed by atoms with Gasteiger partial charge in [-0.3, -0.25) is 4.79 Å². The number of hydrogen-bond acceptors (Lipinski definition) is 5. The van der Waals surface area contributed by atoms with Crippen molar-refractivity contribution >= 4 is 5.91 Å². The summed E-state index contributed by atoms with van der Waals surface area (Å²) in [6.45, 7) is 10.0. The number of benzene rings is 1. The van der Waals surface area contributed by atoms with Crippen molar-refractivity contribution in [3.8, 4) is 17.2 Å². The molecule has 0 aliphatic carbocycles. The molecule has 0 spiro atoms. The Kier molecular flexibility index (Phi) is 8.54. The highest BCUT2D eigenvalue weighted by atomic mass is 16.5. The Bertz CT molecular complexity index is 544. The fourth-order valence-corrected chi connectivity index (χ4v) is 3.18. The average molecular weight is 364 g/mol. The topological polar surface area (TPSA) is 68.8 Å². The Balaban J connectivity index is 2.06. The SMILES string of the molecule is CCOc1cc(C(=O)NCCC2CCCNC2)cc(OCC)c1OCC. The highest BCUT2D eigenvalue weighted by Crippen LogP contribution is 2.39. The van der Waals surface area contributed by atoms with Crippen LogP contribution in [0.15, 0.2) is 12.1 Å². The minimum Gasteiger partial charge on any atom is -0.490 e. The first-order chi connectivity index (χ1) is 12.7. The first-order valence-electron chi connectivity index (χ1n) is 9.74. The molecule has 6 nitrogen and oxygen atoms in total. The minimum atomic E-state index is -0.112. The van der Waals surface area contributed by atoms with Crippen molar-refractivity contribution in [1.29, 1.82) is 0 Å². The van der Waals surface area contributed by atoms with Crippen molar-refractivity contribution in [3.63, 3.8) is 0 Å². The zero-order chi connectivity index (χ0) is 18.8. The van der Waals surface area contributed by atoms with Gasteiger partial charge in [-0.15, -0.1) is 0 Å². The zero-order valence-corrected chi connectivity index (χ0v) is 16.2. The zero-order valence-electron chi connectivity index (χ0n) is 16.2. The van der Waals surface area contributed by atoms with Gasteiger partial charge >= 0.3 is 0 Å². The molecule has 1 aromatic rings. The van der Waals surface area contributed by atoms with E-state index in [0.717, 1.165) is 19.5 Å². The lowest BCUT2D eigenvalue weighted by molar-refractivity contribution is 0.0949. The molecule has 0 saturated carbocycles. The summed E-state index contributed by atoms with van der Waals surface area (Å²) in [5, 5.41) is 6.42. The molecule has 1 fully saturated rings. The summed E-state index contributed by atoms with van der Waals surface area (Å²) in [4.78, 5) is 12.6. The van der Waals surface area contributed by atoms with Gasteiger partial charge in [0.1, 0.15) is 0 Å². The van der Waals surface area contributed by atoms with Crippen LogP contribution in [0.4, 0.5) is 0 Å². The van der Waals surface area contributed by atoms with Crippen LogP contribution in [0, 0.1) is 5.92 Å². The Hall–Kier alpha value is -1.95.